The summed E-state index contributed by atoms with van der Waals surface area (Å²) in [6, 6.07) is 8.48. The average Bonchev–Trinajstić information content (AvgIpc) is 3.23. The molecule has 6 heteroatoms. The van der Waals surface area contributed by atoms with Crippen LogP contribution in [0.4, 0.5) is 9.18 Å². The highest BCUT2D eigenvalue weighted by atomic mass is 35.5. The minimum Gasteiger partial charge on any atom is -0.353 e. The number of carbonyl (C=O) groups is 1. The molecule has 1 fully saturated rings. The van der Waals surface area contributed by atoms with E-state index in [1.165, 1.54) is 6.07 Å². The van der Waals surface area contributed by atoms with Gasteiger partial charge in [-0.15, -0.1) is 0 Å². The first-order chi connectivity index (χ1) is 11.1. The molecule has 1 N–H and O–H groups in total. The zero-order valence-electron chi connectivity index (χ0n) is 12.7. The summed E-state index contributed by atoms with van der Waals surface area (Å²) < 4.78 is 15.9. The number of rotatable bonds is 6. The van der Waals surface area contributed by atoms with Crippen LogP contribution in [0, 0.1) is 5.82 Å². The van der Waals surface area contributed by atoms with Gasteiger partial charge in [0, 0.05) is 42.1 Å². The number of hydrogen-bond acceptors (Lipinski definition) is 1. The standard InChI is InChI=1S/C17H19ClFN3O/c18-15-4-3-5-16(19)14(15)12-22(13-6-7-13)17(23)20-8-11-21-9-1-2-10-21/h1-5,9-10,13H,6-8,11-12H2,(H,20,23). The van der Waals surface area contributed by atoms with Crippen molar-refractivity contribution in [1.82, 2.24) is 14.8 Å². The molecule has 23 heavy (non-hydrogen) atoms. The molecule has 0 aliphatic heterocycles. The van der Waals surface area contributed by atoms with Crippen LogP contribution in [0.5, 0.6) is 0 Å². The molecule has 2 amide bonds. The van der Waals surface area contributed by atoms with E-state index < -0.39 is 0 Å². The van der Waals surface area contributed by atoms with E-state index in [1.807, 2.05) is 29.1 Å². The van der Waals surface area contributed by atoms with Gasteiger partial charge < -0.3 is 14.8 Å². The van der Waals surface area contributed by atoms with Crippen molar-refractivity contribution < 1.29 is 9.18 Å². The lowest BCUT2D eigenvalue weighted by Crippen LogP contribution is -2.42. The Kier molecular flexibility index (Phi) is 4.86. The molecule has 0 spiro atoms. The molecule has 0 saturated heterocycles. The minimum absolute atomic E-state index is 0.168. The topological polar surface area (TPSA) is 37.3 Å². The van der Waals surface area contributed by atoms with Crippen LogP contribution in [0.1, 0.15) is 18.4 Å². The predicted octanol–water partition coefficient (Wildman–Crippen LogP) is 3.65. The smallest absolute Gasteiger partial charge is 0.318 e. The van der Waals surface area contributed by atoms with Crippen molar-refractivity contribution in [2.45, 2.75) is 32.0 Å². The molecular weight excluding hydrogens is 317 g/mol. The van der Waals surface area contributed by atoms with Gasteiger partial charge in [-0.25, -0.2) is 9.18 Å². The quantitative estimate of drug-likeness (QED) is 0.859. The van der Waals surface area contributed by atoms with Gasteiger partial charge in [-0.2, -0.15) is 0 Å². The van der Waals surface area contributed by atoms with E-state index in [-0.39, 0.29) is 24.4 Å². The Bertz CT molecular complexity index is 650. The second-order valence-electron chi connectivity index (χ2n) is 5.71. The number of hydrogen-bond donors (Lipinski definition) is 1. The lowest BCUT2D eigenvalue weighted by molar-refractivity contribution is 0.191. The molecule has 3 rings (SSSR count). The van der Waals surface area contributed by atoms with E-state index >= 15 is 0 Å². The third-order valence-electron chi connectivity index (χ3n) is 3.95. The zero-order valence-corrected chi connectivity index (χ0v) is 13.5. The first-order valence-electron chi connectivity index (χ1n) is 7.73. The highest BCUT2D eigenvalue weighted by Gasteiger charge is 2.33. The second kappa shape index (κ2) is 7.04. The lowest BCUT2D eigenvalue weighted by Gasteiger charge is -2.23. The monoisotopic (exact) mass is 335 g/mol. The molecule has 1 aromatic carbocycles. The fraction of sp³-hybridized carbons (Fsp3) is 0.353. The molecule has 1 heterocycles. The number of halogens is 2. The molecule has 0 atom stereocenters. The summed E-state index contributed by atoms with van der Waals surface area (Å²) in [6.45, 7) is 1.44. The Morgan fingerprint density at radius 1 is 1.30 bits per heavy atom. The van der Waals surface area contributed by atoms with Gasteiger partial charge in [-0.05, 0) is 37.1 Å². The Labute approximate surface area is 139 Å². The number of urea groups is 1. The fourth-order valence-corrected chi connectivity index (χ4v) is 2.74. The summed E-state index contributed by atoms with van der Waals surface area (Å²) in [7, 11) is 0. The van der Waals surface area contributed by atoms with Gasteiger partial charge in [0.15, 0.2) is 0 Å². The molecular formula is C17H19ClFN3O. The van der Waals surface area contributed by atoms with E-state index in [2.05, 4.69) is 5.32 Å². The SMILES string of the molecule is O=C(NCCn1cccc1)N(Cc1c(F)cccc1Cl)C1CC1. The van der Waals surface area contributed by atoms with Crippen LogP contribution in [-0.2, 0) is 13.1 Å². The summed E-state index contributed by atoms with van der Waals surface area (Å²) in [5, 5.41) is 3.26. The molecule has 1 aliphatic carbocycles. The summed E-state index contributed by atoms with van der Waals surface area (Å²) >= 11 is 6.07. The Hall–Kier alpha value is -2.01. The molecule has 0 unspecified atom stereocenters. The highest BCUT2D eigenvalue weighted by molar-refractivity contribution is 6.31. The lowest BCUT2D eigenvalue weighted by atomic mass is 10.2. The summed E-state index contributed by atoms with van der Waals surface area (Å²) in [6.07, 6.45) is 5.81. The second-order valence-corrected chi connectivity index (χ2v) is 6.12. The first kappa shape index (κ1) is 15.9. The molecule has 4 nitrogen and oxygen atoms in total. The fourth-order valence-electron chi connectivity index (χ4n) is 2.52. The number of carbonyl (C=O) groups excluding carboxylic acids is 1. The molecule has 1 aromatic heterocycles. The van der Waals surface area contributed by atoms with Gasteiger partial charge in [0.2, 0.25) is 0 Å². The van der Waals surface area contributed by atoms with E-state index in [0.29, 0.717) is 23.7 Å². The van der Waals surface area contributed by atoms with Crippen LogP contribution in [0.3, 0.4) is 0 Å². The van der Waals surface area contributed by atoms with Crippen LogP contribution in [0.15, 0.2) is 42.7 Å². The number of nitrogens with one attached hydrogen (secondary N) is 1. The van der Waals surface area contributed by atoms with Crippen LogP contribution in [-0.4, -0.2) is 28.1 Å². The predicted molar refractivity (Wildman–Crippen MR) is 87.8 cm³/mol. The van der Waals surface area contributed by atoms with Crippen LogP contribution in [0.2, 0.25) is 5.02 Å². The number of aromatic nitrogens is 1. The van der Waals surface area contributed by atoms with Crippen LogP contribution in [0.25, 0.3) is 0 Å². The van der Waals surface area contributed by atoms with Crippen molar-refractivity contribution in [3.8, 4) is 0 Å². The highest BCUT2D eigenvalue weighted by Crippen LogP contribution is 2.30. The summed E-state index contributed by atoms with van der Waals surface area (Å²) in [5.74, 6) is -0.372. The van der Waals surface area contributed by atoms with Crippen molar-refractivity contribution >= 4 is 17.6 Å². The minimum atomic E-state index is -0.372. The van der Waals surface area contributed by atoms with Gasteiger partial charge in [-0.1, -0.05) is 17.7 Å². The maximum atomic E-state index is 13.9. The van der Waals surface area contributed by atoms with E-state index in [4.69, 9.17) is 11.6 Å². The molecule has 122 valence electrons. The van der Waals surface area contributed by atoms with Gasteiger partial charge in [0.25, 0.3) is 0 Å². The number of benzene rings is 1. The van der Waals surface area contributed by atoms with Crippen molar-refractivity contribution in [3.63, 3.8) is 0 Å². The summed E-state index contributed by atoms with van der Waals surface area (Å²) in [4.78, 5) is 14.1. The van der Waals surface area contributed by atoms with E-state index in [0.717, 1.165) is 12.8 Å². The van der Waals surface area contributed by atoms with Gasteiger partial charge >= 0.3 is 6.03 Å². The Balaban J connectivity index is 1.61. The summed E-state index contributed by atoms with van der Waals surface area (Å²) in [5.41, 5.74) is 0.377. The molecule has 2 aromatic rings. The molecule has 0 bridgehead atoms. The average molecular weight is 336 g/mol. The normalized spacial score (nSPS) is 13.8. The third-order valence-corrected chi connectivity index (χ3v) is 4.31. The van der Waals surface area contributed by atoms with Crippen molar-refractivity contribution in [2.24, 2.45) is 0 Å². The van der Waals surface area contributed by atoms with Gasteiger partial charge in [0.05, 0.1) is 6.54 Å². The van der Waals surface area contributed by atoms with Gasteiger partial charge in [0.1, 0.15) is 5.82 Å². The van der Waals surface area contributed by atoms with Crippen molar-refractivity contribution in [2.75, 3.05) is 6.54 Å². The molecule has 1 saturated carbocycles. The van der Waals surface area contributed by atoms with Crippen LogP contribution >= 0.6 is 11.6 Å². The Morgan fingerprint density at radius 2 is 2.04 bits per heavy atom. The van der Waals surface area contributed by atoms with E-state index in [1.54, 1.807) is 17.0 Å². The van der Waals surface area contributed by atoms with Crippen molar-refractivity contribution in [3.05, 3.63) is 59.1 Å². The number of nitrogens with zero attached hydrogens (tertiary/aromatic N) is 2. The first-order valence-corrected chi connectivity index (χ1v) is 8.11. The Morgan fingerprint density at radius 3 is 2.70 bits per heavy atom. The maximum absolute atomic E-state index is 13.9. The zero-order chi connectivity index (χ0) is 16.2. The third kappa shape index (κ3) is 4.05. The van der Waals surface area contributed by atoms with Crippen molar-refractivity contribution in [1.29, 1.82) is 0 Å². The van der Waals surface area contributed by atoms with Crippen LogP contribution < -0.4 is 5.32 Å². The number of amides is 2. The molecule has 0 radical (unpaired) electrons. The van der Waals surface area contributed by atoms with Gasteiger partial charge in [-0.3, -0.25) is 0 Å². The maximum Gasteiger partial charge on any atom is 0.318 e. The molecule has 1 aliphatic rings. The van der Waals surface area contributed by atoms with E-state index in [9.17, 15) is 9.18 Å². The largest absolute Gasteiger partial charge is 0.353 e.